The summed E-state index contributed by atoms with van der Waals surface area (Å²) < 4.78 is 0. The molecule has 1 heterocycles. The van der Waals surface area contributed by atoms with Crippen LogP contribution in [0.3, 0.4) is 0 Å². The molecule has 1 saturated heterocycles. The summed E-state index contributed by atoms with van der Waals surface area (Å²) in [6, 6.07) is 10.3. The van der Waals surface area contributed by atoms with Gasteiger partial charge in [0.25, 0.3) is 0 Å². The molecule has 0 unspecified atom stereocenters. The fraction of sp³-hybridized carbons (Fsp3) is 0.588. The Bertz CT molecular complexity index is 447. The van der Waals surface area contributed by atoms with Gasteiger partial charge in [0.15, 0.2) is 0 Å². The highest BCUT2D eigenvalue weighted by molar-refractivity contribution is 5.88. The molecule has 3 rings (SSSR count). The molecule has 1 aromatic rings. The Morgan fingerprint density at radius 2 is 1.90 bits per heavy atom. The van der Waals surface area contributed by atoms with Crippen LogP contribution in [0.25, 0.3) is 0 Å². The predicted molar refractivity (Wildman–Crippen MR) is 80.6 cm³/mol. The molecule has 0 radical (unpaired) electrons. The summed E-state index contributed by atoms with van der Waals surface area (Å²) in [5, 5.41) is 6.56. The van der Waals surface area contributed by atoms with Crippen LogP contribution in [-0.2, 0) is 10.2 Å². The van der Waals surface area contributed by atoms with E-state index >= 15 is 0 Å². The van der Waals surface area contributed by atoms with E-state index in [0.717, 1.165) is 44.8 Å². The van der Waals surface area contributed by atoms with Gasteiger partial charge in [-0.3, -0.25) is 4.79 Å². The lowest BCUT2D eigenvalue weighted by Gasteiger charge is -2.36. The lowest BCUT2D eigenvalue weighted by molar-refractivity contribution is -0.127. The Morgan fingerprint density at radius 1 is 1.20 bits per heavy atom. The van der Waals surface area contributed by atoms with Crippen LogP contribution in [-0.4, -0.2) is 25.5 Å². The molecule has 1 aliphatic carbocycles. The maximum absolute atomic E-state index is 12.8. The maximum Gasteiger partial charge on any atom is 0.230 e. The Morgan fingerprint density at radius 3 is 2.55 bits per heavy atom. The van der Waals surface area contributed by atoms with Gasteiger partial charge in [-0.2, -0.15) is 0 Å². The van der Waals surface area contributed by atoms with Crippen LogP contribution < -0.4 is 10.6 Å². The molecule has 2 fully saturated rings. The second-order valence-corrected chi connectivity index (χ2v) is 6.19. The minimum Gasteiger partial charge on any atom is -0.355 e. The largest absolute Gasteiger partial charge is 0.355 e. The molecule has 2 aliphatic rings. The smallest absolute Gasteiger partial charge is 0.230 e. The van der Waals surface area contributed by atoms with E-state index < -0.39 is 0 Å². The van der Waals surface area contributed by atoms with E-state index in [0.29, 0.717) is 0 Å². The average Bonchev–Trinajstić information content (AvgIpc) is 3.33. The third-order valence-corrected chi connectivity index (χ3v) is 4.75. The van der Waals surface area contributed by atoms with Crippen LogP contribution in [0, 0.1) is 5.92 Å². The summed E-state index contributed by atoms with van der Waals surface area (Å²) >= 11 is 0. The molecule has 0 bridgehead atoms. The second-order valence-electron chi connectivity index (χ2n) is 6.19. The highest BCUT2D eigenvalue weighted by atomic mass is 16.2. The fourth-order valence-electron chi connectivity index (χ4n) is 3.22. The summed E-state index contributed by atoms with van der Waals surface area (Å²) in [6.07, 6.45) is 5.64. The van der Waals surface area contributed by atoms with E-state index in [1.807, 2.05) is 18.2 Å². The Balaban J connectivity index is 1.72. The van der Waals surface area contributed by atoms with Crippen molar-refractivity contribution in [3.05, 3.63) is 35.9 Å². The molecule has 1 aliphatic heterocycles. The van der Waals surface area contributed by atoms with Gasteiger partial charge in [-0.05, 0) is 43.8 Å². The van der Waals surface area contributed by atoms with Crippen molar-refractivity contribution in [1.82, 2.24) is 10.6 Å². The quantitative estimate of drug-likeness (QED) is 0.863. The van der Waals surface area contributed by atoms with E-state index in [2.05, 4.69) is 22.8 Å². The van der Waals surface area contributed by atoms with Gasteiger partial charge in [-0.1, -0.05) is 43.2 Å². The van der Waals surface area contributed by atoms with Crippen LogP contribution in [0.15, 0.2) is 30.3 Å². The molecule has 1 amide bonds. The minimum atomic E-state index is -0.323. The molecule has 0 atom stereocenters. The SMILES string of the molecule is O=C(NCCC1CC1)C1(c2ccccc2)CCNCC1. The average molecular weight is 272 g/mol. The van der Waals surface area contributed by atoms with E-state index in [9.17, 15) is 4.79 Å². The van der Waals surface area contributed by atoms with Crippen LogP contribution >= 0.6 is 0 Å². The Kier molecular flexibility index (Phi) is 4.06. The summed E-state index contributed by atoms with van der Waals surface area (Å²) in [6.45, 7) is 2.68. The van der Waals surface area contributed by atoms with Crippen LogP contribution in [0.1, 0.15) is 37.7 Å². The molecule has 108 valence electrons. The number of benzene rings is 1. The zero-order valence-corrected chi connectivity index (χ0v) is 12.0. The van der Waals surface area contributed by atoms with E-state index in [1.54, 1.807) is 0 Å². The lowest BCUT2D eigenvalue weighted by atomic mass is 9.72. The van der Waals surface area contributed by atoms with Crippen LogP contribution in [0.2, 0.25) is 0 Å². The molecule has 1 saturated carbocycles. The number of carbonyl (C=O) groups excluding carboxylic acids is 1. The molecule has 3 heteroatoms. The van der Waals surface area contributed by atoms with Crippen molar-refractivity contribution >= 4 is 5.91 Å². The van der Waals surface area contributed by atoms with Crippen molar-refractivity contribution in [2.45, 2.75) is 37.5 Å². The van der Waals surface area contributed by atoms with Gasteiger partial charge >= 0.3 is 0 Å². The zero-order valence-electron chi connectivity index (χ0n) is 12.0. The first-order valence-corrected chi connectivity index (χ1v) is 7.86. The van der Waals surface area contributed by atoms with E-state index in [1.165, 1.54) is 18.4 Å². The molecule has 20 heavy (non-hydrogen) atoms. The van der Waals surface area contributed by atoms with Crippen molar-refractivity contribution in [2.24, 2.45) is 5.92 Å². The first-order chi connectivity index (χ1) is 9.81. The number of hydrogen-bond donors (Lipinski definition) is 2. The van der Waals surface area contributed by atoms with Crippen molar-refractivity contribution in [3.8, 4) is 0 Å². The predicted octanol–water partition coefficient (Wildman–Crippen LogP) is 2.22. The topological polar surface area (TPSA) is 41.1 Å². The fourth-order valence-corrected chi connectivity index (χ4v) is 3.22. The summed E-state index contributed by atoms with van der Waals surface area (Å²) in [4.78, 5) is 12.8. The third-order valence-electron chi connectivity index (χ3n) is 4.75. The first kappa shape index (κ1) is 13.6. The standard InChI is InChI=1S/C17H24N2O/c20-16(19-11-8-14-6-7-14)17(9-12-18-13-10-17)15-4-2-1-3-5-15/h1-5,14,18H,6-13H2,(H,19,20). The van der Waals surface area contributed by atoms with Crippen molar-refractivity contribution in [3.63, 3.8) is 0 Å². The van der Waals surface area contributed by atoms with Crippen LogP contribution in [0.5, 0.6) is 0 Å². The summed E-state index contributed by atoms with van der Waals surface area (Å²) in [7, 11) is 0. The molecule has 0 aromatic heterocycles. The molecular weight excluding hydrogens is 248 g/mol. The van der Waals surface area contributed by atoms with Gasteiger partial charge in [0.2, 0.25) is 5.91 Å². The molecule has 0 spiro atoms. The van der Waals surface area contributed by atoms with Crippen molar-refractivity contribution in [1.29, 1.82) is 0 Å². The number of amides is 1. The molecule has 1 aromatic carbocycles. The number of carbonyl (C=O) groups is 1. The molecule has 3 nitrogen and oxygen atoms in total. The van der Waals surface area contributed by atoms with Crippen molar-refractivity contribution in [2.75, 3.05) is 19.6 Å². The van der Waals surface area contributed by atoms with Gasteiger partial charge < -0.3 is 10.6 Å². The first-order valence-electron chi connectivity index (χ1n) is 7.86. The van der Waals surface area contributed by atoms with Gasteiger partial charge in [-0.25, -0.2) is 0 Å². The normalized spacial score (nSPS) is 21.4. The lowest BCUT2D eigenvalue weighted by Crippen LogP contribution is -2.50. The number of rotatable bonds is 5. The number of nitrogens with one attached hydrogen (secondary N) is 2. The van der Waals surface area contributed by atoms with Gasteiger partial charge in [0.1, 0.15) is 0 Å². The van der Waals surface area contributed by atoms with Crippen LogP contribution in [0.4, 0.5) is 0 Å². The number of hydrogen-bond acceptors (Lipinski definition) is 2. The zero-order chi connectivity index (χ0) is 13.8. The Hall–Kier alpha value is -1.35. The highest BCUT2D eigenvalue weighted by Gasteiger charge is 2.40. The van der Waals surface area contributed by atoms with Crippen molar-refractivity contribution < 1.29 is 4.79 Å². The minimum absolute atomic E-state index is 0.228. The van der Waals surface area contributed by atoms with E-state index in [-0.39, 0.29) is 11.3 Å². The van der Waals surface area contributed by atoms with E-state index in [4.69, 9.17) is 0 Å². The Labute approximate surface area is 121 Å². The molecule has 2 N–H and O–H groups in total. The van der Waals surface area contributed by atoms with Gasteiger partial charge in [-0.15, -0.1) is 0 Å². The monoisotopic (exact) mass is 272 g/mol. The summed E-state index contributed by atoms with van der Waals surface area (Å²) in [5.41, 5.74) is 0.848. The highest BCUT2D eigenvalue weighted by Crippen LogP contribution is 2.34. The van der Waals surface area contributed by atoms with Gasteiger partial charge in [0.05, 0.1) is 5.41 Å². The maximum atomic E-state index is 12.8. The van der Waals surface area contributed by atoms with Gasteiger partial charge in [0, 0.05) is 6.54 Å². The number of piperidine rings is 1. The second kappa shape index (κ2) is 5.96. The summed E-state index contributed by atoms with van der Waals surface area (Å²) in [5.74, 6) is 1.10. The third kappa shape index (κ3) is 2.88. The molecular formula is C17H24N2O.